The van der Waals surface area contributed by atoms with Gasteiger partial charge >= 0.3 is 17.7 Å². The van der Waals surface area contributed by atoms with Crippen LogP contribution >= 0.6 is 0 Å². The van der Waals surface area contributed by atoms with Crippen molar-refractivity contribution in [2.24, 2.45) is 0 Å². The van der Waals surface area contributed by atoms with Gasteiger partial charge < -0.3 is 24.8 Å². The third kappa shape index (κ3) is 5.89. The summed E-state index contributed by atoms with van der Waals surface area (Å²) in [6.07, 6.45) is 4.73. The van der Waals surface area contributed by atoms with Crippen LogP contribution in [0.2, 0.25) is 0 Å². The number of carbonyl (C=O) groups is 2. The van der Waals surface area contributed by atoms with Crippen molar-refractivity contribution >= 4 is 17.7 Å². The highest BCUT2D eigenvalue weighted by atomic mass is 16.6. The summed E-state index contributed by atoms with van der Waals surface area (Å²) in [7, 11) is 2.63. The van der Waals surface area contributed by atoms with Gasteiger partial charge in [-0.3, -0.25) is 10.1 Å². The fourth-order valence-corrected chi connectivity index (χ4v) is 3.50. The summed E-state index contributed by atoms with van der Waals surface area (Å²) >= 11 is 0. The predicted octanol–water partition coefficient (Wildman–Crippen LogP) is 4.14. The molecule has 0 aliphatic carbocycles. The van der Waals surface area contributed by atoms with Crippen LogP contribution in [0.15, 0.2) is 23.4 Å². The van der Waals surface area contributed by atoms with Crippen molar-refractivity contribution < 1.29 is 28.7 Å². The van der Waals surface area contributed by atoms with Gasteiger partial charge in [0.25, 0.3) is 0 Å². The number of benzene rings is 1. The first-order valence-corrected chi connectivity index (χ1v) is 10.8. The van der Waals surface area contributed by atoms with Gasteiger partial charge in [-0.15, -0.1) is 0 Å². The van der Waals surface area contributed by atoms with Crippen molar-refractivity contribution in [3.8, 4) is 11.5 Å². The monoisotopic (exact) mass is 449 g/mol. The lowest BCUT2D eigenvalue weighted by molar-refractivity contribution is -0.386. The van der Waals surface area contributed by atoms with E-state index < -0.39 is 23.0 Å². The number of urea groups is 1. The largest absolute Gasteiger partial charge is 0.493 e. The number of nitro groups is 1. The van der Waals surface area contributed by atoms with Crippen LogP contribution in [-0.2, 0) is 9.53 Å². The lowest BCUT2D eigenvalue weighted by Crippen LogP contribution is -2.46. The molecule has 1 aliphatic rings. The minimum Gasteiger partial charge on any atom is -0.493 e. The molecule has 1 atom stereocenters. The van der Waals surface area contributed by atoms with Gasteiger partial charge in [0.2, 0.25) is 5.75 Å². The summed E-state index contributed by atoms with van der Waals surface area (Å²) in [4.78, 5) is 36.2. The lowest BCUT2D eigenvalue weighted by atomic mass is 9.93. The second-order valence-corrected chi connectivity index (χ2v) is 7.40. The molecular weight excluding hydrogens is 418 g/mol. The smallest absolute Gasteiger partial charge is 0.337 e. The van der Waals surface area contributed by atoms with Crippen LogP contribution in [0.25, 0.3) is 0 Å². The topological polar surface area (TPSA) is 129 Å². The molecule has 1 aromatic carbocycles. The number of esters is 1. The number of rotatable bonds is 12. The van der Waals surface area contributed by atoms with E-state index in [9.17, 15) is 19.7 Å². The van der Waals surface area contributed by atoms with Crippen LogP contribution in [0, 0.1) is 10.1 Å². The lowest BCUT2D eigenvalue weighted by Gasteiger charge is -2.29. The molecule has 1 heterocycles. The molecule has 2 N–H and O–H groups in total. The number of unbranched alkanes of at least 4 members (excludes halogenated alkanes) is 3. The summed E-state index contributed by atoms with van der Waals surface area (Å²) in [5.41, 5.74) is 0.657. The summed E-state index contributed by atoms with van der Waals surface area (Å²) in [5.74, 6) is -0.458. The number of methoxy groups -OCH3 is 2. The quantitative estimate of drug-likeness (QED) is 0.212. The molecular formula is C22H31N3O7. The molecule has 2 rings (SSSR count). The van der Waals surface area contributed by atoms with E-state index in [0.29, 0.717) is 24.3 Å². The molecule has 10 nitrogen and oxygen atoms in total. The van der Waals surface area contributed by atoms with Crippen molar-refractivity contribution in [3.63, 3.8) is 0 Å². The number of nitro benzene ring substituents is 1. The second-order valence-electron chi connectivity index (χ2n) is 7.40. The van der Waals surface area contributed by atoms with Crippen molar-refractivity contribution in [2.75, 3.05) is 20.8 Å². The molecule has 32 heavy (non-hydrogen) atoms. The molecule has 1 unspecified atom stereocenters. The average Bonchev–Trinajstić information content (AvgIpc) is 2.79. The van der Waals surface area contributed by atoms with Crippen molar-refractivity contribution in [2.45, 2.75) is 58.4 Å². The minimum atomic E-state index is -0.940. The van der Waals surface area contributed by atoms with E-state index in [2.05, 4.69) is 10.6 Å². The molecule has 0 radical (unpaired) electrons. The third-order valence-corrected chi connectivity index (χ3v) is 5.14. The predicted molar refractivity (Wildman–Crippen MR) is 118 cm³/mol. The summed E-state index contributed by atoms with van der Waals surface area (Å²) in [6.45, 7) is 4.35. The Morgan fingerprint density at radius 3 is 2.47 bits per heavy atom. The van der Waals surface area contributed by atoms with Gasteiger partial charge in [0.15, 0.2) is 5.75 Å². The second kappa shape index (κ2) is 11.9. The van der Waals surface area contributed by atoms with E-state index in [1.165, 1.54) is 20.3 Å². The normalized spacial score (nSPS) is 15.6. The number of nitrogens with zero attached hydrogens (tertiary/aromatic N) is 1. The van der Waals surface area contributed by atoms with Crippen LogP contribution in [0.5, 0.6) is 11.5 Å². The standard InChI is InChI=1S/C22H31N3O7/c1-5-7-9-11-32-20-16(25(28)29)12-14(13-17(20)30-3)19-18(21(26)31-4)15(10-8-6-2)23-22(27)24-19/h12-13,19H,5-11H2,1-4H3,(H2,23,24,27). The highest BCUT2D eigenvalue weighted by molar-refractivity contribution is 5.95. The maximum absolute atomic E-state index is 12.6. The van der Waals surface area contributed by atoms with E-state index in [4.69, 9.17) is 14.2 Å². The molecule has 1 aliphatic heterocycles. The van der Waals surface area contributed by atoms with Crippen LogP contribution in [0.3, 0.4) is 0 Å². The van der Waals surface area contributed by atoms with E-state index >= 15 is 0 Å². The fraction of sp³-hybridized carbons (Fsp3) is 0.545. The van der Waals surface area contributed by atoms with Gasteiger partial charge in [-0.2, -0.15) is 0 Å². The average molecular weight is 450 g/mol. The number of hydrogen-bond donors (Lipinski definition) is 2. The highest BCUT2D eigenvalue weighted by Crippen LogP contribution is 2.42. The Bertz CT molecular complexity index is 883. The van der Waals surface area contributed by atoms with Gasteiger partial charge in [-0.25, -0.2) is 9.59 Å². The summed E-state index contributed by atoms with van der Waals surface area (Å²) in [6, 6.07) is 1.40. The summed E-state index contributed by atoms with van der Waals surface area (Å²) in [5, 5.41) is 17.2. The van der Waals surface area contributed by atoms with Gasteiger partial charge in [0, 0.05) is 11.8 Å². The Labute approximate surface area is 187 Å². The third-order valence-electron chi connectivity index (χ3n) is 5.14. The molecule has 0 spiro atoms. The van der Waals surface area contributed by atoms with Crippen molar-refractivity contribution in [1.82, 2.24) is 10.6 Å². The number of ether oxygens (including phenoxy) is 3. The molecule has 0 aromatic heterocycles. The maximum Gasteiger partial charge on any atom is 0.337 e. The first-order valence-electron chi connectivity index (χ1n) is 10.8. The van der Waals surface area contributed by atoms with Gasteiger partial charge in [0.05, 0.1) is 37.4 Å². The van der Waals surface area contributed by atoms with Gasteiger partial charge in [0.1, 0.15) is 0 Å². The zero-order valence-corrected chi connectivity index (χ0v) is 19.0. The number of hydrogen-bond acceptors (Lipinski definition) is 7. The van der Waals surface area contributed by atoms with Crippen LogP contribution in [0.4, 0.5) is 10.5 Å². The maximum atomic E-state index is 12.6. The number of nitrogens with one attached hydrogen (secondary N) is 2. The molecule has 0 bridgehead atoms. The molecule has 2 amide bonds. The fourth-order valence-electron chi connectivity index (χ4n) is 3.50. The molecule has 1 aromatic rings. The minimum absolute atomic E-state index is 0.0208. The Hall–Kier alpha value is -3.30. The van der Waals surface area contributed by atoms with Gasteiger partial charge in [-0.05, 0) is 30.9 Å². The first kappa shape index (κ1) is 25.0. The molecule has 0 fully saturated rings. The Morgan fingerprint density at radius 2 is 1.88 bits per heavy atom. The van der Waals surface area contributed by atoms with E-state index in [-0.39, 0.29) is 22.8 Å². The zero-order chi connectivity index (χ0) is 23.7. The van der Waals surface area contributed by atoms with E-state index in [1.54, 1.807) is 6.07 Å². The van der Waals surface area contributed by atoms with Gasteiger partial charge in [-0.1, -0.05) is 33.1 Å². The van der Waals surface area contributed by atoms with Crippen molar-refractivity contribution in [3.05, 3.63) is 39.1 Å². The van der Waals surface area contributed by atoms with Crippen LogP contribution in [-0.4, -0.2) is 37.8 Å². The Balaban J connectivity index is 2.57. The molecule has 0 saturated carbocycles. The van der Waals surface area contributed by atoms with E-state index in [1.807, 2.05) is 13.8 Å². The van der Waals surface area contributed by atoms with Crippen LogP contribution in [0.1, 0.15) is 64.0 Å². The number of allylic oxidation sites excluding steroid dienone is 1. The SMILES string of the molecule is CCCCCOc1c(OC)cc(C2NC(=O)NC(CCCC)=C2C(=O)OC)cc1[N+](=O)[O-]. The van der Waals surface area contributed by atoms with E-state index in [0.717, 1.165) is 32.1 Å². The number of amides is 2. The summed E-state index contributed by atoms with van der Waals surface area (Å²) < 4.78 is 16.0. The molecule has 10 heteroatoms. The zero-order valence-electron chi connectivity index (χ0n) is 19.0. The number of carbonyl (C=O) groups excluding carboxylic acids is 2. The Kier molecular flexibility index (Phi) is 9.30. The van der Waals surface area contributed by atoms with Crippen LogP contribution < -0.4 is 20.1 Å². The van der Waals surface area contributed by atoms with Crippen molar-refractivity contribution in [1.29, 1.82) is 0 Å². The first-order chi connectivity index (χ1) is 15.4. The molecule has 0 saturated heterocycles. The Morgan fingerprint density at radius 1 is 1.16 bits per heavy atom. The molecule has 176 valence electrons. The highest BCUT2D eigenvalue weighted by Gasteiger charge is 2.35.